The molecule has 1 fully saturated rings. The van der Waals surface area contributed by atoms with Gasteiger partial charge in [0, 0.05) is 24.5 Å². The summed E-state index contributed by atoms with van der Waals surface area (Å²) in [6.45, 7) is 6.69. The summed E-state index contributed by atoms with van der Waals surface area (Å²) >= 11 is 0. The van der Waals surface area contributed by atoms with E-state index in [1.54, 1.807) is 6.20 Å². The quantitative estimate of drug-likeness (QED) is 0.663. The summed E-state index contributed by atoms with van der Waals surface area (Å²) in [6, 6.07) is 3.23. The van der Waals surface area contributed by atoms with E-state index in [9.17, 15) is 9.59 Å². The number of ether oxygens (including phenoxy) is 1. The Labute approximate surface area is 144 Å². The number of aryl methyl sites for hydroxylation is 1. The molecule has 24 heavy (non-hydrogen) atoms. The van der Waals surface area contributed by atoms with Gasteiger partial charge in [0.25, 0.3) is 0 Å². The molecule has 2 amide bonds. The average Bonchev–Trinajstić information content (AvgIpc) is 2.41. The summed E-state index contributed by atoms with van der Waals surface area (Å²) < 4.78 is 5.30. The molecule has 0 aliphatic carbocycles. The summed E-state index contributed by atoms with van der Waals surface area (Å²) in [6.07, 6.45) is 5.78. The second-order valence-electron chi connectivity index (χ2n) is 6.81. The fraction of sp³-hybridized carbons (Fsp3) is 0.611. The Bertz CT molecular complexity index is 540. The third kappa shape index (κ3) is 5.83. The number of hydrogen-bond donors (Lipinski definition) is 1. The molecular formula is C18H29N3O3. The van der Waals surface area contributed by atoms with Crippen molar-refractivity contribution in [1.29, 1.82) is 0 Å². The lowest BCUT2D eigenvalue weighted by Gasteiger charge is -2.40. The van der Waals surface area contributed by atoms with E-state index in [1.165, 1.54) is 4.90 Å². The van der Waals surface area contributed by atoms with Crippen molar-refractivity contribution in [3.8, 4) is 0 Å². The molecule has 1 aliphatic heterocycles. The number of nitrogens with one attached hydrogen (secondary N) is 1. The number of hydrogen-bond acceptors (Lipinski definition) is 4. The zero-order chi connectivity index (χ0) is 16.9. The molecule has 1 aromatic heterocycles. The molecule has 6 heteroatoms. The van der Waals surface area contributed by atoms with Gasteiger partial charge in [0.15, 0.2) is 0 Å². The van der Waals surface area contributed by atoms with Crippen molar-refractivity contribution in [2.75, 3.05) is 13.2 Å². The second-order valence-corrected chi connectivity index (χ2v) is 6.81. The average molecular weight is 335 g/mol. The summed E-state index contributed by atoms with van der Waals surface area (Å²) in [5.74, 6) is -0.313. The third-order valence-corrected chi connectivity index (χ3v) is 3.61. The largest absolute Gasteiger partial charge is 0.464 e. The number of nitrogens with zero attached hydrogens (tertiary/aromatic N) is 2. The van der Waals surface area contributed by atoms with Crippen LogP contribution in [0.5, 0.6) is 0 Å². The van der Waals surface area contributed by atoms with Crippen molar-refractivity contribution in [1.82, 2.24) is 15.2 Å². The number of amides is 2. The number of rotatable bonds is 5. The number of carbonyl (C=O) groups excluding carboxylic acids is 2. The maximum Gasteiger partial charge on any atom is 0.328 e. The molecule has 1 N–H and O–H groups in total. The molecule has 1 saturated heterocycles. The summed E-state index contributed by atoms with van der Waals surface area (Å²) in [5.41, 5.74) is 0.809. The van der Waals surface area contributed by atoms with Crippen LogP contribution in [0.2, 0.25) is 0 Å². The Morgan fingerprint density at radius 2 is 2.17 bits per heavy atom. The van der Waals surface area contributed by atoms with Gasteiger partial charge in [-0.15, -0.1) is 0 Å². The van der Waals surface area contributed by atoms with Gasteiger partial charge >= 0.3 is 12.0 Å². The second kappa shape index (κ2) is 8.66. The van der Waals surface area contributed by atoms with E-state index < -0.39 is 6.04 Å². The highest BCUT2D eigenvalue weighted by Gasteiger charge is 2.39. The summed E-state index contributed by atoms with van der Waals surface area (Å²) in [4.78, 5) is 29.7. The molecule has 0 bridgehead atoms. The first-order valence-electron chi connectivity index (χ1n) is 8.01. The number of aromatic nitrogens is 1. The van der Waals surface area contributed by atoms with Gasteiger partial charge in [0.05, 0.1) is 6.61 Å². The number of pyridine rings is 1. The molecule has 0 unspecified atom stereocenters. The Balaban J connectivity index is 0.00000288. The highest BCUT2D eigenvalue weighted by atomic mass is 16.5. The Kier molecular flexibility index (Phi) is 7.19. The van der Waals surface area contributed by atoms with Crippen molar-refractivity contribution in [2.45, 2.75) is 59.0 Å². The number of esters is 1. The normalized spacial score (nSPS) is 16.6. The van der Waals surface area contributed by atoms with Crippen molar-refractivity contribution >= 4 is 12.0 Å². The van der Waals surface area contributed by atoms with Gasteiger partial charge in [-0.1, -0.05) is 13.5 Å². The van der Waals surface area contributed by atoms with Crippen molar-refractivity contribution < 1.29 is 14.3 Å². The van der Waals surface area contributed by atoms with E-state index in [-0.39, 0.29) is 25.0 Å². The Morgan fingerprint density at radius 1 is 1.42 bits per heavy atom. The lowest BCUT2D eigenvalue weighted by molar-refractivity contribution is -0.153. The molecule has 6 nitrogen and oxygen atoms in total. The first-order valence-corrected chi connectivity index (χ1v) is 8.01. The van der Waals surface area contributed by atoms with Gasteiger partial charge < -0.3 is 15.0 Å². The monoisotopic (exact) mass is 335 g/mol. The molecule has 134 valence electrons. The summed E-state index contributed by atoms with van der Waals surface area (Å²) in [7, 11) is 0. The highest BCUT2D eigenvalue weighted by Crippen LogP contribution is 2.19. The minimum Gasteiger partial charge on any atom is -0.464 e. The predicted octanol–water partition coefficient (Wildman–Crippen LogP) is 2.78. The molecule has 0 spiro atoms. The van der Waals surface area contributed by atoms with Crippen LogP contribution in [0.4, 0.5) is 4.79 Å². The lowest BCUT2D eigenvalue weighted by Crippen LogP contribution is -2.61. The predicted molar refractivity (Wildman–Crippen MR) is 93.6 cm³/mol. The van der Waals surface area contributed by atoms with Crippen LogP contribution >= 0.6 is 0 Å². The van der Waals surface area contributed by atoms with E-state index >= 15 is 0 Å². The van der Waals surface area contributed by atoms with Gasteiger partial charge in [-0.3, -0.25) is 4.98 Å². The Hall–Kier alpha value is -2.11. The van der Waals surface area contributed by atoms with Gasteiger partial charge in [0.2, 0.25) is 0 Å². The molecule has 0 radical (unpaired) electrons. The molecule has 1 atom stereocenters. The van der Waals surface area contributed by atoms with Crippen LogP contribution in [0.3, 0.4) is 0 Å². The van der Waals surface area contributed by atoms with Crippen LogP contribution in [-0.2, 0) is 16.0 Å². The summed E-state index contributed by atoms with van der Waals surface area (Å²) in [5, 5.41) is 2.87. The van der Waals surface area contributed by atoms with E-state index in [2.05, 4.69) is 10.3 Å². The molecule has 2 heterocycles. The van der Waals surface area contributed by atoms with Crippen LogP contribution in [-0.4, -0.2) is 46.6 Å². The van der Waals surface area contributed by atoms with Crippen molar-refractivity contribution in [3.63, 3.8) is 0 Å². The first kappa shape index (κ1) is 19.9. The van der Waals surface area contributed by atoms with E-state index in [0.29, 0.717) is 19.6 Å². The molecule has 2 rings (SSSR count). The molecule has 1 aromatic rings. The Morgan fingerprint density at radius 3 is 2.71 bits per heavy atom. The highest BCUT2D eigenvalue weighted by molar-refractivity contribution is 5.85. The topological polar surface area (TPSA) is 71.5 Å². The smallest absolute Gasteiger partial charge is 0.328 e. The third-order valence-electron chi connectivity index (χ3n) is 3.61. The maximum atomic E-state index is 12.1. The van der Waals surface area contributed by atoms with Crippen LogP contribution in [0.15, 0.2) is 24.5 Å². The van der Waals surface area contributed by atoms with Gasteiger partial charge in [-0.05, 0) is 51.7 Å². The van der Waals surface area contributed by atoms with Gasteiger partial charge in [0.1, 0.15) is 6.04 Å². The first-order chi connectivity index (χ1) is 10.9. The number of likely N-dealkylation sites (tertiary alicyclic amines) is 1. The number of carbonyl (C=O) groups is 2. The van der Waals surface area contributed by atoms with Gasteiger partial charge in [-0.25, -0.2) is 9.59 Å². The molecule has 0 aromatic carbocycles. The van der Waals surface area contributed by atoms with Gasteiger partial charge in [-0.2, -0.15) is 0 Å². The lowest BCUT2D eigenvalue weighted by atomic mass is 10.0. The molecule has 1 aliphatic rings. The van der Waals surface area contributed by atoms with E-state index in [1.807, 2.05) is 39.1 Å². The van der Waals surface area contributed by atoms with E-state index in [0.717, 1.165) is 18.4 Å². The molecule has 0 saturated carbocycles. The van der Waals surface area contributed by atoms with Crippen LogP contribution in [0.25, 0.3) is 0 Å². The van der Waals surface area contributed by atoms with Crippen molar-refractivity contribution in [2.24, 2.45) is 0 Å². The number of urea groups is 1. The van der Waals surface area contributed by atoms with Crippen LogP contribution < -0.4 is 5.32 Å². The molecular weight excluding hydrogens is 306 g/mol. The fourth-order valence-corrected chi connectivity index (χ4v) is 2.36. The minimum atomic E-state index is -0.448. The standard InChI is InChI=1S/C17H25N3O3.CH4/c1-17(2,3)19-16(22)20-10-8-14(20)15(21)23-11-5-7-13-6-4-9-18-12-13;/h4,6,9,12,14H,5,7-8,10-11H2,1-3H3,(H,19,22);1H4/t14-;/m0./s1. The van der Waals surface area contributed by atoms with Crippen molar-refractivity contribution in [3.05, 3.63) is 30.1 Å². The zero-order valence-corrected chi connectivity index (χ0v) is 14.0. The van der Waals surface area contributed by atoms with Crippen LogP contribution in [0.1, 0.15) is 46.6 Å². The van der Waals surface area contributed by atoms with Crippen LogP contribution in [0, 0.1) is 0 Å². The minimum absolute atomic E-state index is 0. The van der Waals surface area contributed by atoms with E-state index in [4.69, 9.17) is 4.74 Å². The SMILES string of the molecule is C.CC(C)(C)NC(=O)N1CC[C@H]1C(=O)OCCCc1cccnc1. The maximum absolute atomic E-state index is 12.1. The fourth-order valence-electron chi connectivity index (χ4n) is 2.36. The zero-order valence-electron chi connectivity index (χ0n) is 14.0.